The van der Waals surface area contributed by atoms with Crippen LogP contribution in [-0.2, 0) is 0 Å². The third kappa shape index (κ3) is 2.03. The van der Waals surface area contributed by atoms with Crippen LogP contribution >= 0.6 is 0 Å². The molecule has 0 atom stereocenters. The molecule has 0 bridgehead atoms. The average molecular weight is 540 g/mol. The molecule has 0 saturated carbocycles. The van der Waals surface area contributed by atoms with Gasteiger partial charge in [-0.05, 0) is 47.9 Å². The van der Waals surface area contributed by atoms with Gasteiger partial charge in [-0.2, -0.15) is 8.78 Å². The molecule has 0 heterocycles. The van der Waals surface area contributed by atoms with E-state index in [1.165, 1.54) is 12.1 Å². The van der Waals surface area contributed by atoms with Crippen LogP contribution < -0.4 is 10.9 Å². The Morgan fingerprint density at radius 3 is 1.43 bits per heavy atom. The largest absolute Gasteiger partial charge is 0.507 e. The fourth-order valence-electron chi connectivity index (χ4n) is 7.02. The molecule has 10 heteroatoms. The van der Waals surface area contributed by atoms with Crippen molar-refractivity contribution >= 4 is 75.4 Å². The number of aromatic hydroxyl groups is 6. The van der Waals surface area contributed by atoms with E-state index in [-0.39, 0.29) is 43.1 Å². The topological polar surface area (TPSA) is 156 Å². The van der Waals surface area contributed by atoms with E-state index in [9.17, 15) is 40.2 Å². The van der Waals surface area contributed by atoms with Gasteiger partial charge in [-0.15, -0.1) is 0 Å². The van der Waals surface area contributed by atoms with Crippen molar-refractivity contribution in [3.63, 3.8) is 0 Å². The van der Waals surface area contributed by atoms with Crippen molar-refractivity contribution in [3.8, 4) is 34.5 Å². The molecule has 0 aliphatic carbocycles. The molecule has 0 amide bonds. The van der Waals surface area contributed by atoms with Crippen LogP contribution in [0.25, 0.3) is 75.4 Å². The number of benzene rings is 8. The molecular formula is C30H14F2O8. The Morgan fingerprint density at radius 1 is 0.450 bits per heavy atom. The highest BCUT2D eigenvalue weighted by Crippen LogP contribution is 2.59. The minimum atomic E-state index is -1.64. The standard InChI is InChI=1S/C30H14F2O8/c1-5-3-7(33)11-13-9(5)10-6(2)4-8(34)12-14(10)16-15(13)17-19(27(37)23(31)29(39)21(17)25(11)35)20-18(16)22(26(12)36)30(40)24(32)28(20)38/h3-4,33,36-40H,1-2H3. The van der Waals surface area contributed by atoms with Gasteiger partial charge in [0.2, 0.25) is 17.1 Å². The number of phenols is 6. The molecule has 196 valence electrons. The summed E-state index contributed by atoms with van der Waals surface area (Å²) in [7, 11) is 0. The van der Waals surface area contributed by atoms with Crippen molar-refractivity contribution < 1.29 is 39.4 Å². The van der Waals surface area contributed by atoms with Crippen molar-refractivity contribution in [3.05, 3.63) is 55.3 Å². The Bertz CT molecular complexity index is 2600. The van der Waals surface area contributed by atoms with Gasteiger partial charge < -0.3 is 30.6 Å². The van der Waals surface area contributed by atoms with Crippen LogP contribution in [0.2, 0.25) is 0 Å². The molecule has 8 rings (SSSR count). The van der Waals surface area contributed by atoms with Gasteiger partial charge in [0.05, 0.1) is 21.5 Å². The Hall–Kier alpha value is -5.38. The highest BCUT2D eigenvalue weighted by Gasteiger charge is 2.35. The smallest absolute Gasteiger partial charge is 0.207 e. The maximum Gasteiger partial charge on any atom is 0.207 e. The molecule has 0 unspecified atom stereocenters. The molecule has 0 spiro atoms. The van der Waals surface area contributed by atoms with Crippen LogP contribution in [0.1, 0.15) is 11.1 Å². The summed E-state index contributed by atoms with van der Waals surface area (Å²) in [5.41, 5.74) is -0.737. The molecule has 0 aliphatic rings. The fourth-order valence-corrected chi connectivity index (χ4v) is 7.02. The first-order valence-electron chi connectivity index (χ1n) is 12.0. The number of hydrogen-bond acceptors (Lipinski definition) is 8. The van der Waals surface area contributed by atoms with E-state index in [2.05, 4.69) is 0 Å². The third-order valence-electron chi connectivity index (χ3n) is 8.45. The SMILES string of the molecule is Cc1cc(=O)c2c(O)c3c(O)c(F)c(O)c4c5c(O)c(F)c(O)c6c(=O)c7c(O)cc(C)c8c1c2c(c34)c(c65)c78. The normalized spacial score (nSPS) is 12.8. The van der Waals surface area contributed by atoms with Crippen molar-refractivity contribution in [2.75, 3.05) is 0 Å². The van der Waals surface area contributed by atoms with E-state index in [1.54, 1.807) is 13.8 Å². The van der Waals surface area contributed by atoms with Crippen LogP contribution in [0.5, 0.6) is 34.5 Å². The second-order valence-corrected chi connectivity index (χ2v) is 10.4. The van der Waals surface area contributed by atoms with Gasteiger partial charge in [-0.1, -0.05) is 0 Å². The summed E-state index contributed by atoms with van der Waals surface area (Å²) in [4.78, 5) is 27.2. The van der Waals surface area contributed by atoms with Crippen molar-refractivity contribution in [1.82, 2.24) is 0 Å². The van der Waals surface area contributed by atoms with Crippen LogP contribution in [-0.4, -0.2) is 30.6 Å². The summed E-state index contributed by atoms with van der Waals surface area (Å²) in [6.45, 7) is 3.29. The zero-order valence-corrected chi connectivity index (χ0v) is 20.4. The molecule has 0 aromatic heterocycles. The number of halogens is 2. The van der Waals surface area contributed by atoms with Crippen molar-refractivity contribution in [2.24, 2.45) is 0 Å². The average Bonchev–Trinajstić information content (AvgIpc) is 2.89. The van der Waals surface area contributed by atoms with E-state index in [1.807, 2.05) is 0 Å². The van der Waals surface area contributed by atoms with E-state index < -0.39 is 78.5 Å². The Balaban J connectivity index is 2.05. The first-order chi connectivity index (χ1) is 18.9. The van der Waals surface area contributed by atoms with Gasteiger partial charge in [0, 0.05) is 43.1 Å². The fraction of sp³-hybridized carbons (Fsp3) is 0.0667. The van der Waals surface area contributed by atoms with E-state index in [0.717, 1.165) is 0 Å². The summed E-state index contributed by atoms with van der Waals surface area (Å²) >= 11 is 0. The molecule has 8 aromatic rings. The lowest BCUT2D eigenvalue weighted by atomic mass is 9.77. The summed E-state index contributed by atoms with van der Waals surface area (Å²) in [6.07, 6.45) is 0. The van der Waals surface area contributed by atoms with Gasteiger partial charge in [-0.25, -0.2) is 0 Å². The quantitative estimate of drug-likeness (QED) is 0.111. The zero-order chi connectivity index (χ0) is 28.4. The highest BCUT2D eigenvalue weighted by atomic mass is 19.1. The maximum atomic E-state index is 15.3. The molecule has 0 saturated heterocycles. The molecule has 0 fully saturated rings. The summed E-state index contributed by atoms with van der Waals surface area (Å²) < 4.78 is 30.6. The van der Waals surface area contributed by atoms with E-state index in [0.29, 0.717) is 21.9 Å². The molecule has 8 nitrogen and oxygen atoms in total. The number of phenolic OH excluding ortho intramolecular Hbond substituents is 6. The van der Waals surface area contributed by atoms with Gasteiger partial charge in [0.15, 0.2) is 28.4 Å². The summed E-state index contributed by atoms with van der Waals surface area (Å²) in [5.74, 6) is -9.39. The van der Waals surface area contributed by atoms with Crippen LogP contribution in [0.15, 0.2) is 21.7 Å². The van der Waals surface area contributed by atoms with Crippen LogP contribution in [0, 0.1) is 25.5 Å². The van der Waals surface area contributed by atoms with Gasteiger partial charge in [0.25, 0.3) is 0 Å². The summed E-state index contributed by atoms with van der Waals surface area (Å²) in [5, 5.41) is 63.8. The van der Waals surface area contributed by atoms with Gasteiger partial charge >= 0.3 is 0 Å². The Kier molecular flexibility index (Phi) is 3.63. The minimum Gasteiger partial charge on any atom is -0.507 e. The number of fused-ring (bicyclic) bond motifs is 2. The summed E-state index contributed by atoms with van der Waals surface area (Å²) in [6, 6.07) is 2.56. The lowest BCUT2D eigenvalue weighted by Crippen LogP contribution is -2.10. The molecule has 0 aliphatic heterocycles. The first kappa shape index (κ1) is 22.6. The number of rotatable bonds is 0. The number of aryl methyl sites for hydroxylation is 2. The monoisotopic (exact) mass is 540 g/mol. The predicted molar refractivity (Wildman–Crippen MR) is 146 cm³/mol. The Morgan fingerprint density at radius 2 is 0.850 bits per heavy atom. The van der Waals surface area contributed by atoms with E-state index in [4.69, 9.17) is 0 Å². The van der Waals surface area contributed by atoms with Crippen LogP contribution in [0.3, 0.4) is 0 Å². The maximum absolute atomic E-state index is 15.3. The predicted octanol–water partition coefficient (Wildman–Crippen LogP) is 5.36. The third-order valence-corrected chi connectivity index (χ3v) is 8.45. The first-order valence-corrected chi connectivity index (χ1v) is 12.0. The lowest BCUT2D eigenvalue weighted by Gasteiger charge is -2.25. The molecular weight excluding hydrogens is 526 g/mol. The zero-order valence-electron chi connectivity index (χ0n) is 20.4. The van der Waals surface area contributed by atoms with E-state index >= 15 is 8.78 Å². The second-order valence-electron chi connectivity index (χ2n) is 10.4. The molecule has 6 N–H and O–H groups in total. The van der Waals surface area contributed by atoms with Gasteiger partial charge in [0.1, 0.15) is 11.5 Å². The molecule has 8 aromatic carbocycles. The minimum absolute atomic E-state index is 0.0737. The van der Waals surface area contributed by atoms with Crippen molar-refractivity contribution in [1.29, 1.82) is 0 Å². The van der Waals surface area contributed by atoms with Crippen molar-refractivity contribution in [2.45, 2.75) is 13.8 Å². The van der Waals surface area contributed by atoms with Crippen LogP contribution in [0.4, 0.5) is 8.78 Å². The second kappa shape index (κ2) is 6.42. The molecule has 40 heavy (non-hydrogen) atoms. The number of hydrogen-bond donors (Lipinski definition) is 6. The lowest BCUT2D eigenvalue weighted by molar-refractivity contribution is 0.393. The van der Waals surface area contributed by atoms with Gasteiger partial charge in [-0.3, -0.25) is 9.59 Å². The highest BCUT2D eigenvalue weighted by molar-refractivity contribution is 6.51. The Labute approximate surface area is 218 Å². The molecule has 0 radical (unpaired) electrons.